The molecule has 0 spiro atoms. The molecule has 0 radical (unpaired) electrons. The lowest BCUT2D eigenvalue weighted by Crippen LogP contribution is -2.29. The van der Waals surface area contributed by atoms with Crippen LogP contribution in [0.4, 0.5) is 5.95 Å². The van der Waals surface area contributed by atoms with Crippen LogP contribution in [-0.2, 0) is 0 Å². The molecule has 14 heavy (non-hydrogen) atoms. The van der Waals surface area contributed by atoms with Crippen LogP contribution in [0.2, 0.25) is 0 Å². The third-order valence-corrected chi connectivity index (χ3v) is 2.71. The summed E-state index contributed by atoms with van der Waals surface area (Å²) in [6.45, 7) is 4.18. The Balaban J connectivity index is 2.24. The van der Waals surface area contributed by atoms with E-state index in [2.05, 4.69) is 15.3 Å². The van der Waals surface area contributed by atoms with Crippen LogP contribution in [-0.4, -0.2) is 23.1 Å². The second-order valence-corrected chi connectivity index (χ2v) is 3.84. The van der Waals surface area contributed by atoms with Crippen LogP contribution in [0.3, 0.4) is 0 Å². The lowest BCUT2D eigenvalue weighted by Gasteiger charge is -2.23. The van der Waals surface area contributed by atoms with Crippen molar-refractivity contribution in [1.82, 2.24) is 15.3 Å². The molecule has 1 aromatic heterocycles. The average Bonchev–Trinajstić information content (AvgIpc) is 2.23. The van der Waals surface area contributed by atoms with Gasteiger partial charge in [-0.1, -0.05) is 0 Å². The van der Waals surface area contributed by atoms with Gasteiger partial charge in [0.1, 0.15) is 0 Å². The number of nitrogen functional groups attached to an aromatic ring is 1. The lowest BCUT2D eigenvalue weighted by atomic mass is 9.94. The van der Waals surface area contributed by atoms with Crippen LogP contribution in [0.5, 0.6) is 0 Å². The predicted octanol–water partition coefficient (Wildman–Crippen LogP) is 0.834. The number of hydrogen-bond acceptors (Lipinski definition) is 4. The van der Waals surface area contributed by atoms with Gasteiger partial charge in [-0.05, 0) is 31.9 Å². The van der Waals surface area contributed by atoms with Crippen LogP contribution in [0.15, 0.2) is 6.20 Å². The van der Waals surface area contributed by atoms with E-state index in [0.717, 1.165) is 24.3 Å². The van der Waals surface area contributed by atoms with Crippen molar-refractivity contribution in [3.8, 4) is 0 Å². The normalized spacial score (nSPS) is 22.2. The first kappa shape index (κ1) is 9.40. The fourth-order valence-electron chi connectivity index (χ4n) is 1.97. The molecule has 2 heterocycles. The summed E-state index contributed by atoms with van der Waals surface area (Å²) < 4.78 is 0. The number of nitrogens with one attached hydrogen (secondary N) is 1. The molecular formula is C10H16N4. The molecule has 76 valence electrons. The van der Waals surface area contributed by atoms with E-state index in [1.807, 2.05) is 13.1 Å². The highest BCUT2D eigenvalue weighted by molar-refractivity contribution is 5.27. The number of hydrogen-bond donors (Lipinski definition) is 2. The van der Waals surface area contributed by atoms with Gasteiger partial charge in [0.25, 0.3) is 0 Å². The van der Waals surface area contributed by atoms with Crippen molar-refractivity contribution >= 4 is 5.95 Å². The molecule has 3 N–H and O–H groups in total. The van der Waals surface area contributed by atoms with Crippen molar-refractivity contribution in [3.05, 3.63) is 17.5 Å². The second kappa shape index (κ2) is 3.92. The quantitative estimate of drug-likeness (QED) is 0.692. The highest BCUT2D eigenvalue weighted by Gasteiger charge is 2.18. The summed E-state index contributed by atoms with van der Waals surface area (Å²) >= 11 is 0. The first-order valence-corrected chi connectivity index (χ1v) is 5.07. The van der Waals surface area contributed by atoms with Crippen LogP contribution in [0.1, 0.15) is 30.0 Å². The molecule has 1 aromatic rings. The Morgan fingerprint density at radius 1 is 1.57 bits per heavy atom. The van der Waals surface area contributed by atoms with Gasteiger partial charge in [0.2, 0.25) is 5.95 Å². The zero-order valence-corrected chi connectivity index (χ0v) is 8.45. The zero-order valence-electron chi connectivity index (χ0n) is 8.45. The van der Waals surface area contributed by atoms with Gasteiger partial charge in [-0.25, -0.2) is 9.97 Å². The number of nitrogens with zero attached hydrogens (tertiary/aromatic N) is 2. The maximum atomic E-state index is 5.59. The van der Waals surface area contributed by atoms with Gasteiger partial charge in [0, 0.05) is 18.7 Å². The van der Waals surface area contributed by atoms with Gasteiger partial charge in [-0.3, -0.25) is 0 Å². The van der Waals surface area contributed by atoms with E-state index >= 15 is 0 Å². The molecule has 1 atom stereocenters. The molecule has 1 fully saturated rings. The molecule has 2 rings (SSSR count). The Labute approximate surface area is 83.9 Å². The summed E-state index contributed by atoms with van der Waals surface area (Å²) in [5.41, 5.74) is 7.85. The number of nitrogens with two attached hydrogens (primary N) is 1. The third-order valence-electron chi connectivity index (χ3n) is 2.71. The standard InChI is InChI=1S/C10H16N4/c1-7-5-13-10(11)14-9(7)8-3-2-4-12-6-8/h5,8,12H,2-4,6H2,1H3,(H2,11,13,14). The fraction of sp³-hybridized carbons (Fsp3) is 0.600. The maximum Gasteiger partial charge on any atom is 0.220 e. The minimum absolute atomic E-state index is 0.385. The van der Waals surface area contributed by atoms with Gasteiger partial charge in [-0.15, -0.1) is 0 Å². The Hall–Kier alpha value is -1.16. The second-order valence-electron chi connectivity index (χ2n) is 3.84. The van der Waals surface area contributed by atoms with Crippen LogP contribution in [0.25, 0.3) is 0 Å². The highest BCUT2D eigenvalue weighted by Crippen LogP contribution is 2.23. The molecule has 4 heteroatoms. The molecule has 0 aromatic carbocycles. The summed E-state index contributed by atoms with van der Waals surface area (Å²) in [6.07, 6.45) is 4.23. The maximum absolute atomic E-state index is 5.59. The Bertz CT molecular complexity index is 318. The average molecular weight is 192 g/mol. The van der Waals surface area contributed by atoms with E-state index in [0.29, 0.717) is 11.9 Å². The molecule has 1 aliphatic heterocycles. The molecular weight excluding hydrogens is 176 g/mol. The third kappa shape index (κ3) is 1.85. The van der Waals surface area contributed by atoms with Gasteiger partial charge in [0.15, 0.2) is 0 Å². The molecule has 1 saturated heterocycles. The Morgan fingerprint density at radius 2 is 2.43 bits per heavy atom. The summed E-state index contributed by atoms with van der Waals surface area (Å²) in [7, 11) is 0. The van der Waals surface area contributed by atoms with Gasteiger partial charge in [-0.2, -0.15) is 0 Å². The molecule has 1 aliphatic rings. The first-order chi connectivity index (χ1) is 6.77. The van der Waals surface area contributed by atoms with E-state index in [1.165, 1.54) is 12.8 Å². The van der Waals surface area contributed by atoms with Crippen molar-refractivity contribution < 1.29 is 0 Å². The van der Waals surface area contributed by atoms with Crippen molar-refractivity contribution in [3.63, 3.8) is 0 Å². The molecule has 0 bridgehead atoms. The molecule has 0 amide bonds. The number of piperidine rings is 1. The smallest absolute Gasteiger partial charge is 0.220 e. The molecule has 1 unspecified atom stereocenters. The topological polar surface area (TPSA) is 63.8 Å². The number of rotatable bonds is 1. The van der Waals surface area contributed by atoms with E-state index in [4.69, 9.17) is 5.73 Å². The number of aryl methyl sites for hydroxylation is 1. The fourth-order valence-corrected chi connectivity index (χ4v) is 1.97. The Kier molecular flexibility index (Phi) is 2.63. The van der Waals surface area contributed by atoms with Crippen molar-refractivity contribution in [2.45, 2.75) is 25.7 Å². The number of anilines is 1. The van der Waals surface area contributed by atoms with Crippen molar-refractivity contribution in [2.24, 2.45) is 0 Å². The van der Waals surface area contributed by atoms with Gasteiger partial charge in [0.05, 0.1) is 5.69 Å². The van der Waals surface area contributed by atoms with Crippen LogP contribution in [0, 0.1) is 6.92 Å². The van der Waals surface area contributed by atoms with Crippen molar-refractivity contribution in [2.75, 3.05) is 18.8 Å². The molecule has 0 saturated carbocycles. The highest BCUT2D eigenvalue weighted by atomic mass is 15.0. The van der Waals surface area contributed by atoms with E-state index < -0.39 is 0 Å². The summed E-state index contributed by atoms with van der Waals surface area (Å²) in [6, 6.07) is 0. The summed E-state index contributed by atoms with van der Waals surface area (Å²) in [4.78, 5) is 8.30. The zero-order chi connectivity index (χ0) is 9.97. The van der Waals surface area contributed by atoms with Crippen LogP contribution < -0.4 is 11.1 Å². The lowest BCUT2D eigenvalue weighted by molar-refractivity contribution is 0.453. The minimum Gasteiger partial charge on any atom is -0.368 e. The largest absolute Gasteiger partial charge is 0.368 e. The molecule has 4 nitrogen and oxygen atoms in total. The van der Waals surface area contributed by atoms with Gasteiger partial charge < -0.3 is 11.1 Å². The SMILES string of the molecule is Cc1cnc(N)nc1C1CCCNC1. The number of aromatic nitrogens is 2. The summed E-state index contributed by atoms with van der Waals surface area (Å²) in [5.74, 6) is 0.894. The van der Waals surface area contributed by atoms with Gasteiger partial charge >= 0.3 is 0 Å². The predicted molar refractivity (Wildman–Crippen MR) is 56.0 cm³/mol. The van der Waals surface area contributed by atoms with Crippen molar-refractivity contribution in [1.29, 1.82) is 0 Å². The molecule has 0 aliphatic carbocycles. The first-order valence-electron chi connectivity index (χ1n) is 5.07. The Morgan fingerprint density at radius 3 is 3.14 bits per heavy atom. The van der Waals surface area contributed by atoms with E-state index in [-0.39, 0.29) is 0 Å². The monoisotopic (exact) mass is 192 g/mol. The van der Waals surface area contributed by atoms with E-state index in [9.17, 15) is 0 Å². The van der Waals surface area contributed by atoms with Crippen LogP contribution >= 0.6 is 0 Å². The minimum atomic E-state index is 0.385. The summed E-state index contributed by atoms with van der Waals surface area (Å²) in [5, 5.41) is 3.38. The van der Waals surface area contributed by atoms with E-state index in [1.54, 1.807) is 0 Å².